The van der Waals surface area contributed by atoms with Crippen LogP contribution in [0.5, 0.6) is 0 Å². The number of aromatic carboxylic acids is 1. The van der Waals surface area contributed by atoms with Gasteiger partial charge in [0, 0.05) is 28.2 Å². The summed E-state index contributed by atoms with van der Waals surface area (Å²) in [7, 11) is 0. The molecule has 1 aliphatic rings. The van der Waals surface area contributed by atoms with Crippen LogP contribution in [0.25, 0.3) is 0 Å². The number of carbonyl (C=O) groups excluding carboxylic acids is 2. The molecular formula is C21H16ClN3O4S. The molecule has 3 aromatic rings. The molecule has 1 aliphatic heterocycles. The number of nitrogens with zero attached hydrogens (tertiary/aromatic N) is 2. The number of amides is 2. The standard InChI is InChI=1S/C21H16ClN3O4S/c22-12-4-6-15-16(9-12)24-19(26)17(10-13-3-1-2-8-23-13)25(20(15)27)11-14-5-7-18(30-14)21(28)29/h1-9,17H,10-11H2,(H,24,26)(H,28,29). The summed E-state index contributed by atoms with van der Waals surface area (Å²) in [6.45, 7) is 0.101. The first-order valence-corrected chi connectivity index (χ1v) is 10.2. The van der Waals surface area contributed by atoms with Crippen molar-refractivity contribution < 1.29 is 19.5 Å². The summed E-state index contributed by atoms with van der Waals surface area (Å²) >= 11 is 7.12. The van der Waals surface area contributed by atoms with Crippen LogP contribution in [-0.4, -0.2) is 38.8 Å². The molecule has 0 fully saturated rings. The van der Waals surface area contributed by atoms with Crippen LogP contribution in [0.2, 0.25) is 5.02 Å². The zero-order chi connectivity index (χ0) is 21.3. The van der Waals surface area contributed by atoms with Gasteiger partial charge in [0.05, 0.1) is 17.8 Å². The number of halogens is 1. The van der Waals surface area contributed by atoms with Crippen LogP contribution in [0.15, 0.2) is 54.7 Å². The van der Waals surface area contributed by atoms with E-state index >= 15 is 0 Å². The Hall–Kier alpha value is -3.23. The molecule has 0 aliphatic carbocycles. The van der Waals surface area contributed by atoms with Crippen molar-refractivity contribution in [1.29, 1.82) is 0 Å². The van der Waals surface area contributed by atoms with E-state index in [0.717, 1.165) is 11.3 Å². The van der Waals surface area contributed by atoms with Crippen molar-refractivity contribution in [2.24, 2.45) is 0 Å². The zero-order valence-electron chi connectivity index (χ0n) is 15.5. The van der Waals surface area contributed by atoms with E-state index in [4.69, 9.17) is 11.6 Å². The number of anilines is 1. The van der Waals surface area contributed by atoms with Crippen LogP contribution in [0.4, 0.5) is 5.69 Å². The summed E-state index contributed by atoms with van der Waals surface area (Å²) in [6.07, 6.45) is 1.85. The molecule has 7 nitrogen and oxygen atoms in total. The Bertz CT molecular complexity index is 1130. The number of rotatable bonds is 5. The monoisotopic (exact) mass is 441 g/mol. The van der Waals surface area contributed by atoms with Gasteiger partial charge >= 0.3 is 5.97 Å². The molecule has 0 saturated heterocycles. The van der Waals surface area contributed by atoms with Crippen molar-refractivity contribution in [3.8, 4) is 0 Å². The highest BCUT2D eigenvalue weighted by molar-refractivity contribution is 7.13. The Kier molecular flexibility index (Phi) is 5.52. The minimum absolute atomic E-state index is 0.101. The van der Waals surface area contributed by atoms with Gasteiger partial charge in [-0.05, 0) is 42.5 Å². The number of hydrogen-bond acceptors (Lipinski definition) is 5. The number of thiophene rings is 1. The summed E-state index contributed by atoms with van der Waals surface area (Å²) in [5, 5.41) is 12.4. The maximum Gasteiger partial charge on any atom is 0.345 e. The Balaban J connectivity index is 1.74. The van der Waals surface area contributed by atoms with Crippen molar-refractivity contribution in [1.82, 2.24) is 9.88 Å². The quantitative estimate of drug-likeness (QED) is 0.628. The molecule has 9 heteroatoms. The largest absolute Gasteiger partial charge is 0.477 e. The van der Waals surface area contributed by atoms with Gasteiger partial charge < -0.3 is 15.3 Å². The van der Waals surface area contributed by atoms with E-state index in [2.05, 4.69) is 10.3 Å². The number of nitrogens with one attached hydrogen (secondary N) is 1. The van der Waals surface area contributed by atoms with Gasteiger partial charge in [0.2, 0.25) is 5.91 Å². The zero-order valence-corrected chi connectivity index (χ0v) is 17.1. The third-order valence-electron chi connectivity index (χ3n) is 4.74. The molecule has 0 saturated carbocycles. The van der Waals surface area contributed by atoms with Crippen LogP contribution in [0, 0.1) is 0 Å². The molecule has 30 heavy (non-hydrogen) atoms. The lowest BCUT2D eigenvalue weighted by atomic mass is 10.1. The Morgan fingerprint density at radius 1 is 1.20 bits per heavy atom. The first-order valence-electron chi connectivity index (χ1n) is 9.05. The van der Waals surface area contributed by atoms with E-state index in [1.807, 2.05) is 6.07 Å². The number of carboxylic acids is 1. The predicted octanol–water partition coefficient (Wildman–Crippen LogP) is 3.70. The number of pyridine rings is 1. The van der Waals surface area contributed by atoms with Crippen LogP contribution in [0.1, 0.15) is 30.6 Å². The fraction of sp³-hybridized carbons (Fsp3) is 0.143. The molecule has 1 aromatic carbocycles. The van der Waals surface area contributed by atoms with Gasteiger partial charge in [0.15, 0.2) is 0 Å². The van der Waals surface area contributed by atoms with Gasteiger partial charge in [-0.2, -0.15) is 0 Å². The minimum atomic E-state index is -1.03. The molecular weight excluding hydrogens is 426 g/mol. The van der Waals surface area contributed by atoms with Crippen LogP contribution >= 0.6 is 22.9 Å². The fourth-order valence-corrected chi connectivity index (χ4v) is 4.33. The van der Waals surface area contributed by atoms with Crippen LogP contribution in [0.3, 0.4) is 0 Å². The third kappa shape index (κ3) is 4.05. The smallest absolute Gasteiger partial charge is 0.345 e. The Morgan fingerprint density at radius 2 is 2.03 bits per heavy atom. The van der Waals surface area contributed by atoms with E-state index in [9.17, 15) is 19.5 Å². The maximum atomic E-state index is 13.4. The molecule has 0 spiro atoms. The highest BCUT2D eigenvalue weighted by Crippen LogP contribution is 2.29. The fourth-order valence-electron chi connectivity index (χ4n) is 3.31. The van der Waals surface area contributed by atoms with Crippen molar-refractivity contribution in [2.75, 3.05) is 5.32 Å². The molecule has 152 valence electrons. The lowest BCUT2D eigenvalue weighted by molar-refractivity contribution is -0.120. The average Bonchev–Trinajstić information content (AvgIpc) is 3.17. The van der Waals surface area contributed by atoms with Crippen molar-refractivity contribution in [3.05, 3.63) is 80.8 Å². The lowest BCUT2D eigenvalue weighted by Crippen LogP contribution is -2.46. The summed E-state index contributed by atoms with van der Waals surface area (Å²) in [4.78, 5) is 44.3. The molecule has 0 radical (unpaired) electrons. The molecule has 2 amide bonds. The van der Waals surface area contributed by atoms with E-state index in [-0.39, 0.29) is 29.7 Å². The molecule has 4 rings (SSSR count). The average molecular weight is 442 g/mol. The summed E-state index contributed by atoms with van der Waals surface area (Å²) in [6, 6.07) is 12.4. The number of carboxylic acid groups (broad SMARTS) is 1. The van der Waals surface area contributed by atoms with Crippen LogP contribution < -0.4 is 5.32 Å². The number of fused-ring (bicyclic) bond motifs is 1. The second kappa shape index (κ2) is 8.25. The Labute approximate surface area is 180 Å². The van der Waals surface area contributed by atoms with Crippen molar-refractivity contribution >= 4 is 46.4 Å². The number of carbonyl (C=O) groups is 3. The molecule has 2 aromatic heterocycles. The van der Waals surface area contributed by atoms with E-state index in [1.54, 1.807) is 42.6 Å². The van der Waals surface area contributed by atoms with E-state index in [0.29, 0.717) is 26.8 Å². The topological polar surface area (TPSA) is 99.6 Å². The Morgan fingerprint density at radius 3 is 2.73 bits per heavy atom. The van der Waals surface area contributed by atoms with Gasteiger partial charge in [-0.1, -0.05) is 17.7 Å². The number of aromatic nitrogens is 1. The van der Waals surface area contributed by atoms with Gasteiger partial charge in [0.1, 0.15) is 10.9 Å². The van der Waals surface area contributed by atoms with Crippen molar-refractivity contribution in [2.45, 2.75) is 19.0 Å². The molecule has 2 N–H and O–H groups in total. The first-order chi connectivity index (χ1) is 14.4. The van der Waals surface area contributed by atoms with Crippen LogP contribution in [-0.2, 0) is 17.8 Å². The van der Waals surface area contributed by atoms with Gasteiger partial charge in [-0.3, -0.25) is 14.6 Å². The lowest BCUT2D eigenvalue weighted by Gasteiger charge is -2.28. The highest BCUT2D eigenvalue weighted by Gasteiger charge is 2.36. The SMILES string of the molecule is O=C(O)c1ccc(CN2C(=O)c3ccc(Cl)cc3NC(=O)C2Cc2ccccn2)s1. The van der Waals surface area contributed by atoms with Gasteiger partial charge in [0.25, 0.3) is 5.91 Å². The number of hydrogen-bond donors (Lipinski definition) is 2. The van der Waals surface area contributed by atoms with E-state index in [1.165, 1.54) is 11.0 Å². The molecule has 1 atom stereocenters. The van der Waals surface area contributed by atoms with Gasteiger partial charge in [-0.25, -0.2) is 4.79 Å². The second-order valence-corrected chi connectivity index (χ2v) is 8.33. The van der Waals surface area contributed by atoms with Gasteiger partial charge in [-0.15, -0.1) is 11.3 Å². The predicted molar refractivity (Wildman–Crippen MR) is 113 cm³/mol. The number of benzene rings is 1. The summed E-state index contributed by atoms with van der Waals surface area (Å²) in [5.74, 6) is -1.73. The minimum Gasteiger partial charge on any atom is -0.477 e. The third-order valence-corrected chi connectivity index (χ3v) is 6.03. The molecule has 1 unspecified atom stereocenters. The summed E-state index contributed by atoms with van der Waals surface area (Å²) < 4.78 is 0. The van der Waals surface area contributed by atoms with Crippen molar-refractivity contribution in [3.63, 3.8) is 0 Å². The highest BCUT2D eigenvalue weighted by atomic mass is 35.5. The normalized spacial score (nSPS) is 16.0. The summed E-state index contributed by atoms with van der Waals surface area (Å²) in [5.41, 5.74) is 1.34. The maximum absolute atomic E-state index is 13.4. The van der Waals surface area contributed by atoms with E-state index < -0.39 is 12.0 Å². The molecule has 3 heterocycles. The second-order valence-electron chi connectivity index (χ2n) is 6.72. The first kappa shape index (κ1) is 20.1. The molecule has 0 bridgehead atoms.